The van der Waals surface area contributed by atoms with E-state index in [-0.39, 0.29) is 0 Å². The van der Waals surface area contributed by atoms with Gasteiger partial charge in [-0.3, -0.25) is 0 Å². The summed E-state index contributed by atoms with van der Waals surface area (Å²) in [4.78, 5) is 6.51. The van der Waals surface area contributed by atoms with E-state index in [1.54, 1.807) is 11.3 Å². The molecule has 1 aromatic rings. The molecule has 0 saturated carbocycles. The van der Waals surface area contributed by atoms with Gasteiger partial charge in [0.05, 0.1) is 12.6 Å². The zero-order chi connectivity index (χ0) is 8.81. The zero-order valence-electron chi connectivity index (χ0n) is 7.54. The highest BCUT2D eigenvalue weighted by Gasteiger charge is 2.08. The van der Waals surface area contributed by atoms with Crippen LogP contribution in [-0.2, 0) is 4.84 Å². The Hall–Kier alpha value is -0.380. The SMILES string of the molecule is CCONC(CC)c1cccs1. The van der Waals surface area contributed by atoms with E-state index in [0.29, 0.717) is 12.6 Å². The third-order valence-electron chi connectivity index (χ3n) is 1.66. The average Bonchev–Trinajstić information content (AvgIpc) is 2.59. The summed E-state index contributed by atoms with van der Waals surface area (Å²) in [6.45, 7) is 4.84. The maximum absolute atomic E-state index is 5.17. The summed E-state index contributed by atoms with van der Waals surface area (Å²) in [7, 11) is 0. The first-order valence-corrected chi connectivity index (χ1v) is 5.17. The molecular weight excluding hydrogens is 170 g/mol. The quantitative estimate of drug-likeness (QED) is 0.712. The van der Waals surface area contributed by atoms with Crippen molar-refractivity contribution in [2.24, 2.45) is 0 Å². The van der Waals surface area contributed by atoms with E-state index in [2.05, 4.69) is 29.9 Å². The molecule has 1 atom stereocenters. The summed E-state index contributed by atoms with van der Waals surface area (Å²) in [5.41, 5.74) is 3.03. The molecule has 2 nitrogen and oxygen atoms in total. The van der Waals surface area contributed by atoms with Crippen LogP contribution in [0.5, 0.6) is 0 Å². The van der Waals surface area contributed by atoms with Gasteiger partial charge in [-0.25, -0.2) is 0 Å². The lowest BCUT2D eigenvalue weighted by atomic mass is 10.2. The molecule has 0 aliphatic carbocycles. The van der Waals surface area contributed by atoms with Gasteiger partial charge >= 0.3 is 0 Å². The molecule has 0 aliphatic heterocycles. The fourth-order valence-electron chi connectivity index (χ4n) is 1.02. The van der Waals surface area contributed by atoms with Crippen molar-refractivity contribution in [2.75, 3.05) is 6.61 Å². The molecule has 0 amide bonds. The summed E-state index contributed by atoms with van der Waals surface area (Å²) in [5.74, 6) is 0. The molecule has 0 aliphatic rings. The molecule has 3 heteroatoms. The topological polar surface area (TPSA) is 21.3 Å². The second kappa shape index (κ2) is 5.30. The van der Waals surface area contributed by atoms with Crippen LogP contribution in [0.3, 0.4) is 0 Å². The Morgan fingerprint density at radius 3 is 2.92 bits per heavy atom. The van der Waals surface area contributed by atoms with Crippen LogP contribution in [0.15, 0.2) is 17.5 Å². The molecule has 1 rings (SSSR count). The van der Waals surface area contributed by atoms with Gasteiger partial charge in [0, 0.05) is 4.88 Å². The first-order chi connectivity index (χ1) is 5.88. The van der Waals surface area contributed by atoms with Gasteiger partial charge in [-0.1, -0.05) is 13.0 Å². The van der Waals surface area contributed by atoms with E-state index in [1.807, 2.05) is 6.92 Å². The Balaban J connectivity index is 2.45. The largest absolute Gasteiger partial charge is 0.301 e. The predicted molar refractivity (Wildman–Crippen MR) is 52.1 cm³/mol. The molecule has 0 saturated heterocycles. The van der Waals surface area contributed by atoms with Gasteiger partial charge < -0.3 is 4.84 Å². The van der Waals surface area contributed by atoms with Crippen LogP contribution in [0.4, 0.5) is 0 Å². The summed E-state index contributed by atoms with van der Waals surface area (Å²) in [6.07, 6.45) is 1.06. The zero-order valence-corrected chi connectivity index (χ0v) is 8.36. The van der Waals surface area contributed by atoms with E-state index in [0.717, 1.165) is 6.42 Å². The molecule has 68 valence electrons. The average molecular weight is 185 g/mol. The number of hydrogen-bond acceptors (Lipinski definition) is 3. The van der Waals surface area contributed by atoms with Crippen molar-refractivity contribution in [3.8, 4) is 0 Å². The lowest BCUT2D eigenvalue weighted by Gasteiger charge is -2.13. The summed E-state index contributed by atoms with van der Waals surface area (Å²) in [6, 6.07) is 4.55. The Morgan fingerprint density at radius 1 is 1.58 bits per heavy atom. The van der Waals surface area contributed by atoms with Crippen molar-refractivity contribution in [1.29, 1.82) is 0 Å². The van der Waals surface area contributed by atoms with Gasteiger partial charge in [-0.15, -0.1) is 11.3 Å². The Bertz CT molecular complexity index is 198. The Kier molecular flexibility index (Phi) is 4.29. The standard InChI is InChI=1S/C9H15NOS/c1-3-8(10-11-4-2)9-6-5-7-12-9/h5-8,10H,3-4H2,1-2H3. The smallest absolute Gasteiger partial charge is 0.0661 e. The van der Waals surface area contributed by atoms with Crippen LogP contribution in [0, 0.1) is 0 Å². The molecular formula is C9H15NOS. The minimum atomic E-state index is 0.352. The van der Waals surface area contributed by atoms with Crippen LogP contribution < -0.4 is 5.48 Å². The number of nitrogens with one attached hydrogen (secondary N) is 1. The van der Waals surface area contributed by atoms with Crippen LogP contribution >= 0.6 is 11.3 Å². The number of rotatable bonds is 5. The van der Waals surface area contributed by atoms with E-state index < -0.39 is 0 Å². The fraction of sp³-hybridized carbons (Fsp3) is 0.556. The second-order valence-electron chi connectivity index (χ2n) is 2.53. The molecule has 0 bridgehead atoms. The van der Waals surface area contributed by atoms with E-state index in [1.165, 1.54) is 4.88 Å². The maximum atomic E-state index is 5.17. The predicted octanol–water partition coefficient (Wildman–Crippen LogP) is 2.74. The molecule has 1 heterocycles. The van der Waals surface area contributed by atoms with E-state index >= 15 is 0 Å². The van der Waals surface area contributed by atoms with Crippen molar-refractivity contribution < 1.29 is 4.84 Å². The van der Waals surface area contributed by atoms with Gasteiger partial charge in [-0.05, 0) is 24.8 Å². The molecule has 0 spiro atoms. The molecule has 1 unspecified atom stereocenters. The minimum absolute atomic E-state index is 0.352. The molecule has 0 radical (unpaired) electrons. The van der Waals surface area contributed by atoms with Gasteiger partial charge in [-0.2, -0.15) is 5.48 Å². The number of hydrogen-bond donors (Lipinski definition) is 1. The third-order valence-corrected chi connectivity index (χ3v) is 2.65. The van der Waals surface area contributed by atoms with Crippen LogP contribution in [-0.4, -0.2) is 6.61 Å². The van der Waals surface area contributed by atoms with Crippen molar-refractivity contribution in [3.63, 3.8) is 0 Å². The van der Waals surface area contributed by atoms with Gasteiger partial charge in [0.15, 0.2) is 0 Å². The highest BCUT2D eigenvalue weighted by molar-refractivity contribution is 7.10. The fourth-order valence-corrected chi connectivity index (χ4v) is 1.87. The highest BCUT2D eigenvalue weighted by atomic mass is 32.1. The highest BCUT2D eigenvalue weighted by Crippen LogP contribution is 2.21. The first kappa shape index (κ1) is 9.71. The lowest BCUT2D eigenvalue weighted by Crippen LogP contribution is -2.20. The van der Waals surface area contributed by atoms with Crippen LogP contribution in [0.25, 0.3) is 0 Å². The monoisotopic (exact) mass is 185 g/mol. The molecule has 0 aromatic carbocycles. The van der Waals surface area contributed by atoms with Crippen LogP contribution in [0.1, 0.15) is 31.2 Å². The van der Waals surface area contributed by atoms with Crippen molar-refractivity contribution in [3.05, 3.63) is 22.4 Å². The molecule has 1 aromatic heterocycles. The Morgan fingerprint density at radius 2 is 2.42 bits per heavy atom. The maximum Gasteiger partial charge on any atom is 0.0661 e. The van der Waals surface area contributed by atoms with Crippen molar-refractivity contribution >= 4 is 11.3 Å². The second-order valence-corrected chi connectivity index (χ2v) is 3.51. The first-order valence-electron chi connectivity index (χ1n) is 4.29. The summed E-state index contributed by atoms with van der Waals surface area (Å²) >= 11 is 1.76. The van der Waals surface area contributed by atoms with Gasteiger partial charge in [0.25, 0.3) is 0 Å². The third kappa shape index (κ3) is 2.59. The lowest BCUT2D eigenvalue weighted by molar-refractivity contribution is 0.0239. The van der Waals surface area contributed by atoms with Gasteiger partial charge in [0.1, 0.15) is 0 Å². The number of thiophene rings is 1. The Labute approximate surface area is 77.5 Å². The van der Waals surface area contributed by atoms with Crippen molar-refractivity contribution in [1.82, 2.24) is 5.48 Å². The van der Waals surface area contributed by atoms with Crippen LogP contribution in [0.2, 0.25) is 0 Å². The van der Waals surface area contributed by atoms with Crippen molar-refractivity contribution in [2.45, 2.75) is 26.3 Å². The summed E-state index contributed by atoms with van der Waals surface area (Å²) < 4.78 is 0. The minimum Gasteiger partial charge on any atom is -0.301 e. The van der Waals surface area contributed by atoms with E-state index in [9.17, 15) is 0 Å². The molecule has 12 heavy (non-hydrogen) atoms. The van der Waals surface area contributed by atoms with E-state index in [4.69, 9.17) is 4.84 Å². The normalized spacial score (nSPS) is 13.2. The van der Waals surface area contributed by atoms with Gasteiger partial charge in [0.2, 0.25) is 0 Å². The molecule has 0 fully saturated rings. The number of hydroxylamine groups is 1. The summed E-state index contributed by atoms with van der Waals surface area (Å²) in [5, 5.41) is 2.09. The molecule has 1 N–H and O–H groups in total.